The highest BCUT2D eigenvalue weighted by Crippen LogP contribution is 2.10. The highest BCUT2D eigenvalue weighted by Gasteiger charge is 2.16. The minimum absolute atomic E-state index is 0.0158. The van der Waals surface area contributed by atoms with Crippen LogP contribution in [0, 0.1) is 11.3 Å². The maximum atomic E-state index is 11.9. The molecule has 1 atom stereocenters. The molecule has 0 spiro atoms. The summed E-state index contributed by atoms with van der Waals surface area (Å²) in [5.74, 6) is 0.694. The lowest BCUT2D eigenvalue weighted by atomic mass is 10.3. The van der Waals surface area contributed by atoms with Crippen LogP contribution in [0.3, 0.4) is 0 Å². The number of rotatable bonds is 6. The number of benzene rings is 1. The number of aliphatic hydroxyl groups excluding tert-OH is 1. The fraction of sp³-hybridized carbons (Fsp3) is 0.312. The third-order valence-corrected chi connectivity index (χ3v) is 3.47. The predicted molar refractivity (Wildman–Crippen MR) is 88.1 cm³/mol. The van der Waals surface area contributed by atoms with Gasteiger partial charge in [0.05, 0.1) is 0 Å². The predicted octanol–water partition coefficient (Wildman–Crippen LogP) is -0.193. The fourth-order valence-corrected chi connectivity index (χ4v) is 2.13. The lowest BCUT2D eigenvalue weighted by molar-refractivity contribution is 0.117. The van der Waals surface area contributed by atoms with E-state index in [-0.39, 0.29) is 24.5 Å². The van der Waals surface area contributed by atoms with Crippen molar-refractivity contribution in [2.45, 2.75) is 6.10 Å². The van der Waals surface area contributed by atoms with Crippen LogP contribution >= 0.6 is 0 Å². The Morgan fingerprint density at radius 3 is 2.54 bits per heavy atom. The highest BCUT2D eigenvalue weighted by molar-refractivity contribution is 5.51. The summed E-state index contributed by atoms with van der Waals surface area (Å²) in [6.07, 6.45) is -0.893. The topological polar surface area (TPSA) is 109 Å². The van der Waals surface area contributed by atoms with Gasteiger partial charge >= 0.3 is 5.69 Å². The molecule has 2 aromatic rings. The molecule has 8 nitrogen and oxygen atoms in total. The summed E-state index contributed by atoms with van der Waals surface area (Å²) in [4.78, 5) is 23.9. The number of nitrogens with one attached hydrogen (secondary N) is 1. The summed E-state index contributed by atoms with van der Waals surface area (Å²) in [7, 11) is 2.75. The van der Waals surface area contributed by atoms with Gasteiger partial charge in [-0.1, -0.05) is 18.2 Å². The zero-order valence-electron chi connectivity index (χ0n) is 13.4. The van der Waals surface area contributed by atoms with Crippen molar-refractivity contribution in [1.29, 1.82) is 5.26 Å². The molecule has 0 amide bonds. The van der Waals surface area contributed by atoms with Gasteiger partial charge in [-0.2, -0.15) is 5.26 Å². The molecule has 1 aromatic heterocycles. The van der Waals surface area contributed by atoms with Crippen LogP contribution in [-0.4, -0.2) is 33.5 Å². The number of hydrogen-bond donors (Lipinski definition) is 2. The van der Waals surface area contributed by atoms with E-state index >= 15 is 0 Å². The first-order valence-corrected chi connectivity index (χ1v) is 7.25. The molecule has 8 heteroatoms. The van der Waals surface area contributed by atoms with Gasteiger partial charge in [0.2, 0.25) is 0 Å². The standard InChI is InChI=1S/C16H18N4O4/c1-19-14(13(8-17)15(22)20(2)16(19)23)18-9-11(21)10-24-12-6-4-3-5-7-12/h3-7,11,18,21H,9-10H2,1-2H3/t11-/m0/s1. The van der Waals surface area contributed by atoms with E-state index in [2.05, 4.69) is 5.32 Å². The smallest absolute Gasteiger partial charge is 0.332 e. The zero-order chi connectivity index (χ0) is 17.7. The fourth-order valence-electron chi connectivity index (χ4n) is 2.13. The lowest BCUT2D eigenvalue weighted by Crippen LogP contribution is -2.40. The van der Waals surface area contributed by atoms with Crippen LogP contribution in [0.2, 0.25) is 0 Å². The van der Waals surface area contributed by atoms with E-state index in [4.69, 9.17) is 10.00 Å². The number of hydrogen-bond acceptors (Lipinski definition) is 6. The largest absolute Gasteiger partial charge is 0.491 e. The quantitative estimate of drug-likeness (QED) is 0.760. The Labute approximate surface area is 138 Å². The second kappa shape index (κ2) is 7.48. The summed E-state index contributed by atoms with van der Waals surface area (Å²) in [5.41, 5.74) is -1.43. The van der Waals surface area contributed by atoms with E-state index < -0.39 is 17.4 Å². The second-order valence-electron chi connectivity index (χ2n) is 5.20. The molecule has 0 unspecified atom stereocenters. The van der Waals surface area contributed by atoms with Gasteiger partial charge in [-0.15, -0.1) is 0 Å². The molecular formula is C16H18N4O4. The Hall–Kier alpha value is -3.05. The maximum Gasteiger partial charge on any atom is 0.332 e. The number of para-hydroxylation sites is 1. The van der Waals surface area contributed by atoms with Crippen molar-refractivity contribution in [3.63, 3.8) is 0 Å². The summed E-state index contributed by atoms with van der Waals surface area (Å²) in [6, 6.07) is 10.8. The monoisotopic (exact) mass is 330 g/mol. The maximum absolute atomic E-state index is 11.9. The van der Waals surface area contributed by atoms with Gasteiger partial charge < -0.3 is 15.2 Å². The van der Waals surface area contributed by atoms with Gasteiger partial charge in [0.1, 0.15) is 30.3 Å². The van der Waals surface area contributed by atoms with Crippen molar-refractivity contribution in [3.8, 4) is 11.8 Å². The van der Waals surface area contributed by atoms with Crippen molar-refractivity contribution < 1.29 is 9.84 Å². The van der Waals surface area contributed by atoms with Gasteiger partial charge in [-0.3, -0.25) is 13.9 Å². The molecule has 0 aliphatic heterocycles. The van der Waals surface area contributed by atoms with Crippen LogP contribution in [0.25, 0.3) is 0 Å². The Morgan fingerprint density at radius 1 is 1.25 bits per heavy atom. The van der Waals surface area contributed by atoms with E-state index in [0.717, 1.165) is 9.13 Å². The SMILES string of the molecule is Cn1c(NC[C@H](O)COc2ccccc2)c(C#N)c(=O)n(C)c1=O. The minimum Gasteiger partial charge on any atom is -0.491 e. The molecule has 2 rings (SSSR count). The number of ether oxygens (including phenoxy) is 1. The van der Waals surface area contributed by atoms with Gasteiger partial charge in [-0.25, -0.2) is 4.79 Å². The van der Waals surface area contributed by atoms with Crippen LogP contribution in [0.1, 0.15) is 5.56 Å². The zero-order valence-corrected chi connectivity index (χ0v) is 13.4. The normalized spacial score (nSPS) is 11.6. The van der Waals surface area contributed by atoms with Gasteiger partial charge in [-0.05, 0) is 12.1 Å². The molecule has 0 fully saturated rings. The summed E-state index contributed by atoms with van der Waals surface area (Å²) >= 11 is 0. The number of nitrogens with zero attached hydrogens (tertiary/aromatic N) is 3. The molecule has 2 N–H and O–H groups in total. The van der Waals surface area contributed by atoms with Crippen molar-refractivity contribution in [2.24, 2.45) is 14.1 Å². The first-order valence-electron chi connectivity index (χ1n) is 7.25. The van der Waals surface area contributed by atoms with E-state index in [1.54, 1.807) is 18.2 Å². The molecule has 0 radical (unpaired) electrons. The highest BCUT2D eigenvalue weighted by atomic mass is 16.5. The van der Waals surface area contributed by atoms with E-state index in [9.17, 15) is 14.7 Å². The van der Waals surface area contributed by atoms with E-state index in [1.165, 1.54) is 14.1 Å². The number of anilines is 1. The average Bonchev–Trinajstić information content (AvgIpc) is 2.61. The van der Waals surface area contributed by atoms with Crippen LogP contribution in [0.4, 0.5) is 5.82 Å². The van der Waals surface area contributed by atoms with Crippen LogP contribution in [0.5, 0.6) is 5.75 Å². The Balaban J connectivity index is 2.08. The molecular weight excluding hydrogens is 312 g/mol. The molecule has 0 aliphatic rings. The molecule has 0 bridgehead atoms. The third kappa shape index (κ3) is 3.64. The van der Waals surface area contributed by atoms with Crippen LogP contribution < -0.4 is 21.3 Å². The Morgan fingerprint density at radius 2 is 1.92 bits per heavy atom. The third-order valence-electron chi connectivity index (χ3n) is 3.47. The lowest BCUT2D eigenvalue weighted by Gasteiger charge is -2.17. The van der Waals surface area contributed by atoms with Gasteiger partial charge in [0.15, 0.2) is 5.56 Å². The Bertz CT molecular complexity index is 865. The van der Waals surface area contributed by atoms with Crippen LogP contribution in [-0.2, 0) is 14.1 Å². The Kier molecular flexibility index (Phi) is 5.39. The number of aliphatic hydroxyl groups is 1. The molecule has 0 saturated heterocycles. The second-order valence-corrected chi connectivity index (χ2v) is 5.20. The van der Waals surface area contributed by atoms with Crippen molar-refractivity contribution in [1.82, 2.24) is 9.13 Å². The minimum atomic E-state index is -0.893. The van der Waals surface area contributed by atoms with Crippen molar-refractivity contribution in [3.05, 3.63) is 56.7 Å². The van der Waals surface area contributed by atoms with E-state index in [0.29, 0.717) is 5.75 Å². The van der Waals surface area contributed by atoms with Crippen molar-refractivity contribution in [2.75, 3.05) is 18.5 Å². The molecule has 1 aromatic carbocycles. The summed E-state index contributed by atoms with van der Waals surface area (Å²) in [5, 5.41) is 21.9. The molecule has 1 heterocycles. The van der Waals surface area contributed by atoms with E-state index in [1.807, 2.05) is 18.2 Å². The number of nitriles is 1. The summed E-state index contributed by atoms with van der Waals surface area (Å²) < 4.78 is 7.44. The van der Waals surface area contributed by atoms with Gasteiger partial charge in [0, 0.05) is 20.6 Å². The molecule has 0 saturated carbocycles. The average molecular weight is 330 g/mol. The summed E-state index contributed by atoms with van der Waals surface area (Å²) in [6.45, 7) is 0.0413. The molecule has 126 valence electrons. The van der Waals surface area contributed by atoms with Crippen molar-refractivity contribution >= 4 is 5.82 Å². The first-order chi connectivity index (χ1) is 11.5. The molecule has 0 aliphatic carbocycles. The number of aromatic nitrogens is 2. The first kappa shape index (κ1) is 17.3. The van der Waals surface area contributed by atoms with Crippen LogP contribution in [0.15, 0.2) is 39.9 Å². The molecule has 24 heavy (non-hydrogen) atoms. The van der Waals surface area contributed by atoms with Gasteiger partial charge in [0.25, 0.3) is 5.56 Å².